The van der Waals surface area contributed by atoms with E-state index < -0.39 is 8.03 Å². The third-order valence-electron chi connectivity index (χ3n) is 1.46. The number of likely N-dealkylation sites (tertiary alicyclic amines) is 1. The van der Waals surface area contributed by atoms with Crippen molar-refractivity contribution in [1.82, 2.24) is 4.90 Å². The van der Waals surface area contributed by atoms with Crippen LogP contribution >= 0.6 is 8.03 Å². The molecule has 1 rings (SSSR count). The van der Waals surface area contributed by atoms with E-state index in [4.69, 9.17) is 0 Å². The normalized spacial score (nSPS) is 18.1. The van der Waals surface area contributed by atoms with Crippen LogP contribution in [0.5, 0.6) is 0 Å². The second-order valence-corrected chi connectivity index (χ2v) is 3.18. The van der Waals surface area contributed by atoms with Crippen molar-refractivity contribution in [1.29, 1.82) is 0 Å². The van der Waals surface area contributed by atoms with E-state index in [2.05, 4.69) is 0 Å². The molecule has 1 saturated heterocycles. The van der Waals surface area contributed by atoms with Crippen LogP contribution in [-0.2, 0) is 9.36 Å². The first kappa shape index (κ1) is 11.5. The van der Waals surface area contributed by atoms with Crippen molar-refractivity contribution in [2.45, 2.75) is 12.8 Å². The van der Waals surface area contributed by atoms with Gasteiger partial charge in [0.15, 0.2) is 0 Å². The van der Waals surface area contributed by atoms with E-state index in [1.165, 1.54) is 4.90 Å². The number of carbonyl (C=O) groups is 1. The Morgan fingerprint density at radius 1 is 1.64 bits per heavy atom. The number of hydrogen-bond acceptors (Lipinski definition) is 3. The second kappa shape index (κ2) is 5.22. The zero-order valence-electron chi connectivity index (χ0n) is 6.45. The summed E-state index contributed by atoms with van der Waals surface area (Å²) in [6.07, 6.45) is 1.19. The van der Waals surface area contributed by atoms with Gasteiger partial charge in [-0.3, -0.25) is 4.79 Å². The van der Waals surface area contributed by atoms with E-state index in [9.17, 15) is 14.3 Å². The molecule has 0 N–H and O–H groups in total. The molecule has 1 atom stereocenters. The molecule has 0 spiro atoms. The zero-order chi connectivity index (χ0) is 7.56. The number of nitrogens with zero attached hydrogens (tertiary/aromatic N) is 1. The fourth-order valence-corrected chi connectivity index (χ4v) is 1.57. The SMILES string of the molecule is O=C1CCCN1C[P+](=O)[O-].[Na+]. The Labute approximate surface area is 88.1 Å². The molecule has 1 unspecified atom stereocenters. The number of rotatable bonds is 2. The molecule has 0 saturated carbocycles. The van der Waals surface area contributed by atoms with Crippen LogP contribution in [0.25, 0.3) is 0 Å². The van der Waals surface area contributed by atoms with Crippen LogP contribution in [0, 0.1) is 0 Å². The molecule has 0 aromatic carbocycles. The second-order valence-electron chi connectivity index (χ2n) is 2.23. The molecule has 0 aromatic heterocycles. The van der Waals surface area contributed by atoms with Crippen LogP contribution in [0.3, 0.4) is 0 Å². The fraction of sp³-hybridized carbons (Fsp3) is 0.800. The van der Waals surface area contributed by atoms with Crippen molar-refractivity contribution >= 4 is 13.9 Å². The smallest absolute Gasteiger partial charge is 0.594 e. The van der Waals surface area contributed by atoms with Gasteiger partial charge in [0, 0.05) is 13.0 Å². The monoisotopic (exact) mass is 184 g/mol. The Bertz CT molecular complexity index is 175. The molecule has 1 fully saturated rings. The summed E-state index contributed by atoms with van der Waals surface area (Å²) in [5.41, 5.74) is 0. The summed E-state index contributed by atoms with van der Waals surface area (Å²) in [7, 11) is -2.43. The molecular weight excluding hydrogens is 176 g/mol. The maximum absolute atomic E-state index is 10.8. The van der Waals surface area contributed by atoms with Crippen LogP contribution in [0.15, 0.2) is 0 Å². The van der Waals surface area contributed by atoms with Crippen molar-refractivity contribution in [3.63, 3.8) is 0 Å². The van der Waals surface area contributed by atoms with Crippen molar-refractivity contribution in [3.8, 4) is 0 Å². The molecule has 11 heavy (non-hydrogen) atoms. The maximum Gasteiger partial charge on any atom is 1.00 e. The summed E-state index contributed by atoms with van der Waals surface area (Å²) >= 11 is 0. The third kappa shape index (κ3) is 3.63. The van der Waals surface area contributed by atoms with Gasteiger partial charge in [0.05, 0.1) is 0 Å². The molecule has 0 aromatic rings. The molecule has 4 nitrogen and oxygen atoms in total. The van der Waals surface area contributed by atoms with Gasteiger partial charge in [0.2, 0.25) is 12.2 Å². The van der Waals surface area contributed by atoms with Gasteiger partial charge in [-0.2, -0.15) is 0 Å². The largest absolute Gasteiger partial charge is 1.00 e. The van der Waals surface area contributed by atoms with Crippen molar-refractivity contribution < 1.29 is 43.8 Å². The van der Waals surface area contributed by atoms with E-state index in [1.54, 1.807) is 0 Å². The van der Waals surface area contributed by atoms with Crippen molar-refractivity contribution in [3.05, 3.63) is 0 Å². The predicted octanol–water partition coefficient (Wildman–Crippen LogP) is -3.33. The summed E-state index contributed by atoms with van der Waals surface area (Å²) in [6, 6.07) is 0. The molecule has 1 aliphatic heterocycles. The minimum absolute atomic E-state index is 0. The average Bonchev–Trinajstić information content (AvgIpc) is 2.15. The molecule has 0 aliphatic carbocycles. The van der Waals surface area contributed by atoms with Gasteiger partial charge in [-0.15, -0.1) is 0 Å². The Morgan fingerprint density at radius 2 is 2.27 bits per heavy atom. The topological polar surface area (TPSA) is 60.4 Å². The van der Waals surface area contributed by atoms with Gasteiger partial charge in [0.1, 0.15) is 0 Å². The van der Waals surface area contributed by atoms with E-state index in [-0.39, 0.29) is 41.8 Å². The minimum Gasteiger partial charge on any atom is -0.594 e. The van der Waals surface area contributed by atoms with Crippen LogP contribution in [-0.4, -0.2) is 23.6 Å². The number of carbonyl (C=O) groups excluding carboxylic acids is 1. The Hall–Kier alpha value is 0.530. The van der Waals surface area contributed by atoms with Crippen LogP contribution in [0.4, 0.5) is 0 Å². The summed E-state index contributed by atoms with van der Waals surface area (Å²) < 4.78 is 10.1. The molecule has 0 bridgehead atoms. The third-order valence-corrected chi connectivity index (χ3v) is 2.03. The summed E-state index contributed by atoms with van der Waals surface area (Å²) in [5.74, 6) is -0.0424. The van der Waals surface area contributed by atoms with Crippen LogP contribution in [0.2, 0.25) is 0 Å². The zero-order valence-corrected chi connectivity index (χ0v) is 9.34. The summed E-state index contributed by atoms with van der Waals surface area (Å²) in [4.78, 5) is 22.3. The van der Waals surface area contributed by atoms with E-state index in [0.29, 0.717) is 13.0 Å². The van der Waals surface area contributed by atoms with Crippen molar-refractivity contribution in [2.75, 3.05) is 12.8 Å². The first-order chi connectivity index (χ1) is 4.70. The van der Waals surface area contributed by atoms with Crippen molar-refractivity contribution in [2.24, 2.45) is 0 Å². The van der Waals surface area contributed by atoms with E-state index in [0.717, 1.165) is 6.42 Å². The molecule has 1 amide bonds. The maximum atomic E-state index is 10.8. The summed E-state index contributed by atoms with van der Waals surface area (Å²) in [5, 5.41) is 0. The number of amides is 1. The molecule has 6 heteroatoms. The number of hydrogen-bond donors (Lipinski definition) is 0. The molecular formula is C5H8NNaO3P+. The van der Waals surface area contributed by atoms with Gasteiger partial charge in [-0.1, -0.05) is 4.57 Å². The van der Waals surface area contributed by atoms with Gasteiger partial charge >= 0.3 is 37.6 Å². The fourth-order valence-electron chi connectivity index (χ4n) is 0.993. The minimum atomic E-state index is -2.43. The van der Waals surface area contributed by atoms with E-state index in [1.807, 2.05) is 0 Å². The van der Waals surface area contributed by atoms with Gasteiger partial charge in [-0.05, 0) is 6.42 Å². The van der Waals surface area contributed by atoms with Crippen LogP contribution < -0.4 is 34.5 Å². The Balaban J connectivity index is 0.000001000. The standard InChI is InChI=1S/C5H8NO3P.Na/c7-5-2-1-3-6(5)4-10(8)9;/h1-4H2;/q;+1. The average molecular weight is 184 g/mol. The van der Waals surface area contributed by atoms with Crippen LogP contribution in [0.1, 0.15) is 12.8 Å². The molecule has 1 heterocycles. The quantitative estimate of drug-likeness (QED) is 0.333. The molecule has 56 valence electrons. The van der Waals surface area contributed by atoms with Gasteiger partial charge < -0.3 is 9.79 Å². The van der Waals surface area contributed by atoms with Gasteiger partial charge in [-0.25, -0.2) is 0 Å². The van der Waals surface area contributed by atoms with E-state index >= 15 is 0 Å². The molecule has 0 radical (unpaired) electrons. The first-order valence-electron chi connectivity index (χ1n) is 3.10. The Kier molecular flexibility index (Phi) is 5.48. The van der Waals surface area contributed by atoms with Gasteiger partial charge in [0.25, 0.3) is 0 Å². The predicted molar refractivity (Wildman–Crippen MR) is 33.4 cm³/mol. The molecule has 1 aliphatic rings. The summed E-state index contributed by atoms with van der Waals surface area (Å²) in [6.45, 7) is 0.599. The Morgan fingerprint density at radius 3 is 2.64 bits per heavy atom. The first-order valence-corrected chi connectivity index (χ1v) is 4.46.